The maximum atomic E-state index is 3.61. The minimum Gasteiger partial charge on any atom is -0.314 e. The van der Waals surface area contributed by atoms with E-state index < -0.39 is 0 Å². The van der Waals surface area contributed by atoms with Crippen molar-refractivity contribution in [3.8, 4) is 0 Å². The average Bonchev–Trinajstić information content (AvgIpc) is 2.84. The van der Waals surface area contributed by atoms with Crippen molar-refractivity contribution in [1.82, 2.24) is 10.6 Å². The Hall–Kier alpha value is -0.0800. The SMILES string of the molecule is CCNC(C)CCNC1CC1CC. The fourth-order valence-electron chi connectivity index (χ4n) is 1.88. The Kier molecular flexibility index (Phi) is 4.74. The number of rotatable bonds is 7. The first-order valence-corrected chi connectivity index (χ1v) is 5.74. The molecule has 3 unspecified atom stereocenters. The third kappa shape index (κ3) is 4.10. The van der Waals surface area contributed by atoms with Gasteiger partial charge in [-0.3, -0.25) is 0 Å². The summed E-state index contributed by atoms with van der Waals surface area (Å²) in [6.45, 7) is 8.97. The molecule has 1 rings (SSSR count). The van der Waals surface area contributed by atoms with Gasteiger partial charge in [0.05, 0.1) is 0 Å². The maximum absolute atomic E-state index is 3.61. The predicted octanol–water partition coefficient (Wildman–Crippen LogP) is 1.76. The molecule has 0 aromatic rings. The van der Waals surface area contributed by atoms with Gasteiger partial charge < -0.3 is 10.6 Å². The highest BCUT2D eigenvalue weighted by atomic mass is 15.0. The molecule has 0 aliphatic heterocycles. The molecule has 0 bridgehead atoms. The van der Waals surface area contributed by atoms with Crippen molar-refractivity contribution in [2.45, 2.75) is 52.1 Å². The van der Waals surface area contributed by atoms with Gasteiger partial charge in [-0.25, -0.2) is 0 Å². The van der Waals surface area contributed by atoms with Crippen molar-refractivity contribution in [3.05, 3.63) is 0 Å². The molecule has 0 heterocycles. The van der Waals surface area contributed by atoms with Gasteiger partial charge in [-0.15, -0.1) is 0 Å². The molecule has 13 heavy (non-hydrogen) atoms. The smallest absolute Gasteiger partial charge is 0.00990 e. The molecule has 0 aromatic carbocycles. The van der Waals surface area contributed by atoms with E-state index in [4.69, 9.17) is 0 Å². The number of hydrogen-bond acceptors (Lipinski definition) is 2. The fraction of sp³-hybridized carbons (Fsp3) is 1.00. The molecule has 0 aromatic heterocycles. The minimum absolute atomic E-state index is 0.663. The summed E-state index contributed by atoms with van der Waals surface area (Å²) in [5, 5.41) is 7.03. The lowest BCUT2D eigenvalue weighted by atomic mass is 10.2. The highest BCUT2D eigenvalue weighted by Gasteiger charge is 2.34. The largest absolute Gasteiger partial charge is 0.314 e. The van der Waals surface area contributed by atoms with E-state index in [0.29, 0.717) is 6.04 Å². The molecule has 78 valence electrons. The van der Waals surface area contributed by atoms with Crippen molar-refractivity contribution >= 4 is 0 Å². The van der Waals surface area contributed by atoms with Gasteiger partial charge in [-0.1, -0.05) is 20.3 Å². The van der Waals surface area contributed by atoms with Gasteiger partial charge >= 0.3 is 0 Å². The molecule has 1 fully saturated rings. The predicted molar refractivity (Wildman–Crippen MR) is 57.9 cm³/mol. The lowest BCUT2D eigenvalue weighted by molar-refractivity contribution is 0.496. The Morgan fingerprint density at radius 3 is 2.69 bits per heavy atom. The number of nitrogens with one attached hydrogen (secondary N) is 2. The molecule has 1 aliphatic carbocycles. The molecule has 3 atom stereocenters. The lowest BCUT2D eigenvalue weighted by Crippen LogP contribution is -2.30. The van der Waals surface area contributed by atoms with Gasteiger partial charge in [-0.2, -0.15) is 0 Å². The van der Waals surface area contributed by atoms with Crippen molar-refractivity contribution in [2.24, 2.45) is 5.92 Å². The van der Waals surface area contributed by atoms with Crippen molar-refractivity contribution in [1.29, 1.82) is 0 Å². The Balaban J connectivity index is 1.90. The lowest BCUT2D eigenvalue weighted by Gasteiger charge is -2.12. The van der Waals surface area contributed by atoms with Gasteiger partial charge in [0.2, 0.25) is 0 Å². The molecular formula is C11H24N2. The van der Waals surface area contributed by atoms with Gasteiger partial charge in [-0.05, 0) is 38.8 Å². The summed E-state index contributed by atoms with van der Waals surface area (Å²) in [5.74, 6) is 0.981. The van der Waals surface area contributed by atoms with Crippen LogP contribution in [0.5, 0.6) is 0 Å². The van der Waals surface area contributed by atoms with Crippen LogP contribution in [0.1, 0.15) is 40.0 Å². The van der Waals surface area contributed by atoms with E-state index >= 15 is 0 Å². The van der Waals surface area contributed by atoms with E-state index in [1.807, 2.05) is 0 Å². The first kappa shape index (κ1) is 11.0. The summed E-state index contributed by atoms with van der Waals surface area (Å²) in [7, 11) is 0. The molecular weight excluding hydrogens is 160 g/mol. The van der Waals surface area contributed by atoms with E-state index in [1.165, 1.54) is 25.8 Å². The van der Waals surface area contributed by atoms with E-state index in [9.17, 15) is 0 Å². The first-order valence-electron chi connectivity index (χ1n) is 5.74. The zero-order valence-corrected chi connectivity index (χ0v) is 9.27. The van der Waals surface area contributed by atoms with E-state index in [-0.39, 0.29) is 0 Å². The molecule has 2 heteroatoms. The highest BCUT2D eigenvalue weighted by Crippen LogP contribution is 2.32. The van der Waals surface area contributed by atoms with Crippen molar-refractivity contribution in [3.63, 3.8) is 0 Å². The molecule has 0 amide bonds. The van der Waals surface area contributed by atoms with Crippen LogP contribution in [0.3, 0.4) is 0 Å². The Bertz CT molecular complexity index is 134. The van der Waals surface area contributed by atoms with Gasteiger partial charge in [0.1, 0.15) is 0 Å². The third-order valence-corrected chi connectivity index (χ3v) is 2.98. The Labute approximate surface area is 82.5 Å². The maximum Gasteiger partial charge on any atom is 0.00990 e. The van der Waals surface area contributed by atoms with E-state index in [2.05, 4.69) is 31.4 Å². The summed E-state index contributed by atoms with van der Waals surface area (Å²) in [5.41, 5.74) is 0. The van der Waals surface area contributed by atoms with Crippen LogP contribution in [0.25, 0.3) is 0 Å². The second-order valence-electron chi connectivity index (χ2n) is 4.21. The van der Waals surface area contributed by atoms with Gasteiger partial charge in [0.15, 0.2) is 0 Å². The molecule has 1 saturated carbocycles. The monoisotopic (exact) mass is 184 g/mol. The van der Waals surface area contributed by atoms with Gasteiger partial charge in [0, 0.05) is 12.1 Å². The van der Waals surface area contributed by atoms with E-state index in [1.54, 1.807) is 0 Å². The van der Waals surface area contributed by atoms with Crippen LogP contribution >= 0.6 is 0 Å². The molecule has 0 saturated heterocycles. The molecule has 1 aliphatic rings. The minimum atomic E-state index is 0.663. The molecule has 2 N–H and O–H groups in total. The summed E-state index contributed by atoms with van der Waals surface area (Å²) in [6, 6.07) is 1.51. The zero-order valence-electron chi connectivity index (χ0n) is 9.27. The molecule has 0 radical (unpaired) electrons. The van der Waals surface area contributed by atoms with Gasteiger partial charge in [0.25, 0.3) is 0 Å². The van der Waals surface area contributed by atoms with Crippen LogP contribution in [0.15, 0.2) is 0 Å². The summed E-state index contributed by atoms with van der Waals surface area (Å²) in [6.07, 6.45) is 4.01. The first-order chi connectivity index (χ1) is 6.27. The zero-order chi connectivity index (χ0) is 9.68. The second kappa shape index (κ2) is 5.61. The van der Waals surface area contributed by atoms with Crippen LogP contribution in [-0.2, 0) is 0 Å². The molecule has 2 nitrogen and oxygen atoms in total. The Morgan fingerprint density at radius 1 is 1.38 bits per heavy atom. The number of hydrogen-bond donors (Lipinski definition) is 2. The average molecular weight is 184 g/mol. The van der Waals surface area contributed by atoms with Crippen molar-refractivity contribution in [2.75, 3.05) is 13.1 Å². The summed E-state index contributed by atoms with van der Waals surface area (Å²) >= 11 is 0. The van der Waals surface area contributed by atoms with Crippen molar-refractivity contribution < 1.29 is 0 Å². The van der Waals surface area contributed by atoms with Crippen LogP contribution in [0.4, 0.5) is 0 Å². The van der Waals surface area contributed by atoms with Crippen LogP contribution < -0.4 is 10.6 Å². The molecule has 0 spiro atoms. The third-order valence-electron chi connectivity index (χ3n) is 2.98. The second-order valence-corrected chi connectivity index (χ2v) is 4.21. The standard InChI is InChI=1S/C11H24N2/c1-4-10-8-11(10)13-7-6-9(3)12-5-2/h9-13H,4-8H2,1-3H3. The quantitative estimate of drug-likeness (QED) is 0.630. The fourth-order valence-corrected chi connectivity index (χ4v) is 1.88. The highest BCUT2D eigenvalue weighted by molar-refractivity contribution is 4.91. The normalized spacial score (nSPS) is 28.8. The van der Waals surface area contributed by atoms with Crippen LogP contribution in [-0.4, -0.2) is 25.2 Å². The Morgan fingerprint density at radius 2 is 2.15 bits per heavy atom. The summed E-state index contributed by atoms with van der Waals surface area (Å²) in [4.78, 5) is 0. The van der Waals surface area contributed by atoms with E-state index in [0.717, 1.165) is 18.5 Å². The topological polar surface area (TPSA) is 24.1 Å². The summed E-state index contributed by atoms with van der Waals surface area (Å²) < 4.78 is 0. The van der Waals surface area contributed by atoms with Crippen LogP contribution in [0.2, 0.25) is 0 Å². The van der Waals surface area contributed by atoms with Crippen LogP contribution in [0, 0.1) is 5.92 Å².